The molecule has 2 aromatic rings. The topological polar surface area (TPSA) is 87.2 Å². The quantitative estimate of drug-likeness (QED) is 0.609. The lowest BCUT2D eigenvalue weighted by Crippen LogP contribution is -2.46. The Morgan fingerprint density at radius 1 is 0.966 bits per heavy atom. The summed E-state index contributed by atoms with van der Waals surface area (Å²) >= 11 is 0. The number of aliphatic hydroxyl groups excluding tert-OH is 1. The highest BCUT2D eigenvalue weighted by Crippen LogP contribution is 2.35. The number of allylic oxidation sites excluding steroid dienone is 1. The van der Waals surface area contributed by atoms with Gasteiger partial charge in [0.1, 0.15) is 5.70 Å². The first-order valence-electron chi connectivity index (χ1n) is 9.45. The molecule has 29 heavy (non-hydrogen) atoms. The molecular weight excluding hydrogens is 392 g/mol. The molecule has 4 rings (SSSR count). The van der Waals surface area contributed by atoms with E-state index in [-0.39, 0.29) is 28.5 Å². The number of Topliss-reactive ketones (excluding diaryl/α,β-unsaturated/α-hetero) is 1. The van der Waals surface area contributed by atoms with Crippen LogP contribution in [-0.4, -0.2) is 67.9 Å². The second-order valence-electron chi connectivity index (χ2n) is 6.92. The first-order valence-corrected chi connectivity index (χ1v) is 10.9. The van der Waals surface area contributed by atoms with Crippen LogP contribution in [0.3, 0.4) is 0 Å². The van der Waals surface area contributed by atoms with Gasteiger partial charge >= 0.3 is 0 Å². The van der Waals surface area contributed by atoms with Crippen LogP contribution in [-0.2, 0) is 14.8 Å². The molecule has 8 heteroatoms. The SMILES string of the molecule is O=C1/C(=C(\O)c2ccccc2)N(CCN2CCOCC2)S(=O)(=O)c2ccccc21. The summed E-state index contributed by atoms with van der Waals surface area (Å²) < 4.78 is 33.1. The molecule has 0 spiro atoms. The fraction of sp³-hybridized carbons (Fsp3) is 0.286. The number of aliphatic hydroxyl groups is 1. The number of sulfonamides is 1. The van der Waals surface area contributed by atoms with Crippen LogP contribution < -0.4 is 0 Å². The van der Waals surface area contributed by atoms with Gasteiger partial charge in [-0.1, -0.05) is 42.5 Å². The van der Waals surface area contributed by atoms with Crippen LogP contribution in [0.15, 0.2) is 65.2 Å². The van der Waals surface area contributed by atoms with Crippen LogP contribution in [0.25, 0.3) is 5.76 Å². The molecule has 2 aromatic carbocycles. The monoisotopic (exact) mass is 414 g/mol. The second kappa shape index (κ2) is 7.98. The van der Waals surface area contributed by atoms with Crippen molar-refractivity contribution in [3.63, 3.8) is 0 Å². The lowest BCUT2D eigenvalue weighted by Gasteiger charge is -2.34. The van der Waals surface area contributed by atoms with Crippen molar-refractivity contribution in [2.75, 3.05) is 39.4 Å². The summed E-state index contributed by atoms with van der Waals surface area (Å²) in [5.74, 6) is -0.839. The smallest absolute Gasteiger partial charge is 0.265 e. The summed E-state index contributed by atoms with van der Waals surface area (Å²) in [5.41, 5.74) is 0.262. The molecule has 2 heterocycles. The molecule has 2 aliphatic rings. The van der Waals surface area contributed by atoms with Crippen LogP contribution in [0, 0.1) is 0 Å². The van der Waals surface area contributed by atoms with Crippen LogP contribution in [0.2, 0.25) is 0 Å². The predicted octanol–water partition coefficient (Wildman–Crippen LogP) is 2.13. The molecule has 7 nitrogen and oxygen atoms in total. The normalized spacial score (nSPS) is 21.0. The van der Waals surface area contributed by atoms with E-state index in [9.17, 15) is 18.3 Å². The van der Waals surface area contributed by atoms with Gasteiger partial charge in [-0.15, -0.1) is 0 Å². The van der Waals surface area contributed by atoms with Gasteiger partial charge in [0.25, 0.3) is 10.0 Å². The molecular formula is C21H22N2O5S. The lowest BCUT2D eigenvalue weighted by molar-refractivity contribution is 0.0368. The van der Waals surface area contributed by atoms with E-state index in [1.54, 1.807) is 42.5 Å². The average Bonchev–Trinajstić information content (AvgIpc) is 2.76. The Morgan fingerprint density at radius 2 is 1.62 bits per heavy atom. The minimum atomic E-state index is -3.98. The van der Waals surface area contributed by atoms with Gasteiger partial charge in [0.2, 0.25) is 5.78 Å². The van der Waals surface area contributed by atoms with Gasteiger partial charge in [-0.25, -0.2) is 8.42 Å². The molecule has 1 fully saturated rings. The van der Waals surface area contributed by atoms with E-state index in [4.69, 9.17) is 4.74 Å². The largest absolute Gasteiger partial charge is 0.505 e. The number of ether oxygens (including phenoxy) is 1. The summed E-state index contributed by atoms with van der Waals surface area (Å²) in [6, 6.07) is 14.6. The third-order valence-electron chi connectivity index (χ3n) is 5.16. The first-order chi connectivity index (χ1) is 14.0. The molecule has 0 aromatic heterocycles. The Labute approximate surface area is 169 Å². The van der Waals surface area contributed by atoms with Crippen molar-refractivity contribution in [1.29, 1.82) is 0 Å². The van der Waals surface area contributed by atoms with Crippen LogP contribution in [0.4, 0.5) is 0 Å². The molecule has 1 saturated heterocycles. The van der Waals surface area contributed by atoms with E-state index in [0.29, 0.717) is 38.4 Å². The van der Waals surface area contributed by atoms with Gasteiger partial charge in [0.05, 0.1) is 18.1 Å². The summed E-state index contributed by atoms with van der Waals surface area (Å²) in [6.07, 6.45) is 0. The van der Waals surface area contributed by atoms with Crippen molar-refractivity contribution in [2.45, 2.75) is 4.90 Å². The fourth-order valence-corrected chi connectivity index (χ4v) is 5.26. The molecule has 0 unspecified atom stereocenters. The van der Waals surface area contributed by atoms with Gasteiger partial charge in [0, 0.05) is 37.3 Å². The third kappa shape index (κ3) is 3.66. The maximum atomic E-state index is 13.4. The van der Waals surface area contributed by atoms with Crippen LogP contribution in [0.1, 0.15) is 15.9 Å². The minimum Gasteiger partial charge on any atom is -0.505 e. The Hall–Kier alpha value is -2.68. The molecule has 0 saturated carbocycles. The highest BCUT2D eigenvalue weighted by molar-refractivity contribution is 7.89. The summed E-state index contributed by atoms with van der Waals surface area (Å²) in [5, 5.41) is 10.9. The minimum absolute atomic E-state index is 0.0309. The zero-order valence-electron chi connectivity index (χ0n) is 15.8. The average molecular weight is 414 g/mol. The van der Waals surface area contributed by atoms with E-state index in [2.05, 4.69) is 4.90 Å². The zero-order chi connectivity index (χ0) is 20.4. The number of benzene rings is 2. The maximum Gasteiger partial charge on any atom is 0.265 e. The third-order valence-corrected chi connectivity index (χ3v) is 7.02. The van der Waals surface area contributed by atoms with E-state index in [1.165, 1.54) is 12.1 Å². The van der Waals surface area contributed by atoms with Gasteiger partial charge in [-0.2, -0.15) is 0 Å². The first kappa shape index (κ1) is 19.6. The molecule has 0 radical (unpaired) electrons. The zero-order valence-corrected chi connectivity index (χ0v) is 16.6. The van der Waals surface area contributed by atoms with Crippen molar-refractivity contribution in [2.24, 2.45) is 0 Å². The number of ketones is 1. The molecule has 0 atom stereocenters. The molecule has 2 aliphatic heterocycles. The summed E-state index contributed by atoms with van der Waals surface area (Å²) in [7, 11) is -3.98. The number of fused-ring (bicyclic) bond motifs is 1. The van der Waals surface area contributed by atoms with E-state index < -0.39 is 15.8 Å². The molecule has 1 N–H and O–H groups in total. The van der Waals surface area contributed by atoms with Crippen molar-refractivity contribution < 1.29 is 23.1 Å². The molecule has 0 bridgehead atoms. The van der Waals surface area contributed by atoms with Crippen LogP contribution >= 0.6 is 0 Å². The van der Waals surface area contributed by atoms with Crippen molar-refractivity contribution >= 4 is 21.6 Å². The number of nitrogens with zero attached hydrogens (tertiary/aromatic N) is 2. The lowest BCUT2D eigenvalue weighted by atomic mass is 10.0. The van der Waals surface area contributed by atoms with Gasteiger partial charge in [0.15, 0.2) is 5.76 Å². The molecule has 0 aliphatic carbocycles. The number of carbonyl (C=O) groups excluding carboxylic acids is 1. The van der Waals surface area contributed by atoms with Crippen molar-refractivity contribution in [3.8, 4) is 0 Å². The standard InChI is InChI=1S/C21H22N2O5S/c24-20(16-6-2-1-3-7-16)19-21(25)17-8-4-5-9-18(17)29(26,27)23(19)11-10-22-12-14-28-15-13-22/h1-9,24H,10-15H2/b20-19+. The Bertz CT molecular complexity index is 1040. The number of carbonyl (C=O) groups is 1. The predicted molar refractivity (Wildman–Crippen MR) is 108 cm³/mol. The van der Waals surface area contributed by atoms with E-state index in [0.717, 1.165) is 4.31 Å². The number of rotatable bonds is 4. The number of hydrogen-bond donors (Lipinski definition) is 1. The fourth-order valence-electron chi connectivity index (χ4n) is 3.61. The van der Waals surface area contributed by atoms with Gasteiger partial charge in [-0.3, -0.25) is 14.0 Å². The summed E-state index contributed by atoms with van der Waals surface area (Å²) in [4.78, 5) is 15.3. The molecule has 0 amide bonds. The highest BCUT2D eigenvalue weighted by atomic mass is 32.2. The van der Waals surface area contributed by atoms with E-state index >= 15 is 0 Å². The number of morpholine rings is 1. The van der Waals surface area contributed by atoms with Crippen LogP contribution in [0.5, 0.6) is 0 Å². The Balaban J connectivity index is 1.80. The van der Waals surface area contributed by atoms with E-state index in [1.807, 2.05) is 0 Å². The maximum absolute atomic E-state index is 13.4. The highest BCUT2D eigenvalue weighted by Gasteiger charge is 2.41. The molecule has 152 valence electrons. The number of hydrogen-bond acceptors (Lipinski definition) is 6. The van der Waals surface area contributed by atoms with Crippen molar-refractivity contribution in [1.82, 2.24) is 9.21 Å². The van der Waals surface area contributed by atoms with Gasteiger partial charge in [-0.05, 0) is 12.1 Å². The second-order valence-corrected chi connectivity index (χ2v) is 8.75. The summed E-state index contributed by atoms with van der Waals surface area (Å²) in [6.45, 7) is 3.07. The Morgan fingerprint density at radius 3 is 2.34 bits per heavy atom. The van der Waals surface area contributed by atoms with Crippen molar-refractivity contribution in [3.05, 3.63) is 71.4 Å². The van der Waals surface area contributed by atoms with Gasteiger partial charge < -0.3 is 9.84 Å². The Kier molecular flexibility index (Phi) is 5.40.